The molecule has 0 aliphatic carbocycles. The summed E-state index contributed by atoms with van der Waals surface area (Å²) < 4.78 is 5.94. The lowest BCUT2D eigenvalue weighted by atomic mass is 9.68. The predicted octanol–water partition coefficient (Wildman–Crippen LogP) is 1.68. The van der Waals surface area contributed by atoms with E-state index in [0.717, 1.165) is 17.0 Å². The molecule has 0 aliphatic rings. The molecule has 3 heteroatoms. The number of nitrogens with one attached hydrogen (secondary N) is 1. The van der Waals surface area contributed by atoms with Gasteiger partial charge in [0.1, 0.15) is 16.2 Å². The smallest absolute Gasteiger partial charge is 0.148 e. The second kappa shape index (κ2) is 4.33. The maximum Gasteiger partial charge on any atom is 0.148 e. The first-order valence-corrected chi connectivity index (χ1v) is 6.24. The zero-order valence-electron chi connectivity index (χ0n) is 11.1. The monoisotopic (exact) mass is 217 g/mol. The molecule has 0 heterocycles. The van der Waals surface area contributed by atoms with Crippen molar-refractivity contribution >= 4 is 10.5 Å². The van der Waals surface area contributed by atoms with Crippen molar-refractivity contribution in [2.45, 2.75) is 54.2 Å². The summed E-state index contributed by atoms with van der Waals surface area (Å²) in [5, 5.41) is 3.54. The Morgan fingerprint density at radius 3 is 1.43 bits per heavy atom. The van der Waals surface area contributed by atoms with Gasteiger partial charge >= 0.3 is 0 Å². The lowest BCUT2D eigenvalue weighted by Crippen LogP contribution is -2.64. The molecule has 0 unspecified atom stereocenters. The van der Waals surface area contributed by atoms with Crippen LogP contribution in [0.25, 0.3) is 0 Å². The fraction of sp³-hybridized carbons (Fsp3) is 1.00. The Hall–Kier alpha value is 0.137. The van der Waals surface area contributed by atoms with Crippen molar-refractivity contribution in [3.63, 3.8) is 0 Å². The van der Waals surface area contributed by atoms with Crippen molar-refractivity contribution in [3.8, 4) is 0 Å². The Labute approximate surface area is 92.3 Å². The van der Waals surface area contributed by atoms with Crippen LogP contribution >= 0.6 is 0 Å². The largest absolute Gasteiger partial charge is 0.409 e. The van der Waals surface area contributed by atoms with Crippen LogP contribution in [0.4, 0.5) is 0 Å². The first kappa shape index (κ1) is 14.1. The number of hydrogen-bond acceptors (Lipinski definition) is 2. The molecule has 0 spiro atoms. The summed E-state index contributed by atoms with van der Waals surface area (Å²) in [6.45, 7) is 16.5. The third kappa shape index (κ3) is 2.38. The van der Waals surface area contributed by atoms with E-state index in [4.69, 9.17) is 4.43 Å². The van der Waals surface area contributed by atoms with Gasteiger partial charge in [0.25, 0.3) is 0 Å². The zero-order valence-corrected chi connectivity index (χ0v) is 13.1. The third-order valence-electron chi connectivity index (χ3n) is 2.84. The van der Waals surface area contributed by atoms with Crippen molar-refractivity contribution in [2.75, 3.05) is 6.54 Å². The standard InChI is InChI=1S/C11H27NOSi/c1-8-12-11(13-14,9(2,3)4)10(5,6)7/h12H,8H2,1-7,14H3. The van der Waals surface area contributed by atoms with Gasteiger partial charge in [0, 0.05) is 10.8 Å². The molecule has 1 N–H and O–H groups in total. The van der Waals surface area contributed by atoms with Crippen molar-refractivity contribution in [2.24, 2.45) is 10.8 Å². The molecule has 0 aromatic rings. The van der Waals surface area contributed by atoms with Gasteiger partial charge in [-0.2, -0.15) is 0 Å². The lowest BCUT2D eigenvalue weighted by Gasteiger charge is -2.53. The molecule has 0 aliphatic heterocycles. The summed E-state index contributed by atoms with van der Waals surface area (Å²) in [7, 11) is 0.760. The van der Waals surface area contributed by atoms with E-state index in [1.165, 1.54) is 0 Å². The van der Waals surface area contributed by atoms with Crippen LogP contribution in [-0.2, 0) is 4.43 Å². The van der Waals surface area contributed by atoms with Crippen LogP contribution in [-0.4, -0.2) is 22.8 Å². The highest BCUT2D eigenvalue weighted by Crippen LogP contribution is 2.44. The molecule has 0 saturated carbocycles. The summed E-state index contributed by atoms with van der Waals surface area (Å²) in [5.74, 6) is 0. The SMILES string of the molecule is CCNC(O[SiH3])(C(C)(C)C)C(C)(C)C. The zero-order chi connectivity index (χ0) is 11.6. The second-order valence-corrected chi connectivity index (χ2v) is 6.32. The average Bonchev–Trinajstić information content (AvgIpc) is 1.94. The first-order chi connectivity index (χ1) is 6.12. The van der Waals surface area contributed by atoms with Crippen molar-refractivity contribution in [1.82, 2.24) is 5.32 Å². The van der Waals surface area contributed by atoms with Crippen molar-refractivity contribution in [3.05, 3.63) is 0 Å². The van der Waals surface area contributed by atoms with E-state index in [1.807, 2.05) is 0 Å². The van der Waals surface area contributed by atoms with Gasteiger partial charge in [0.15, 0.2) is 0 Å². The molecule has 86 valence electrons. The highest BCUT2D eigenvalue weighted by molar-refractivity contribution is 5.98. The number of rotatable bonds is 3. The average molecular weight is 217 g/mol. The van der Waals surface area contributed by atoms with Crippen LogP contribution in [0.3, 0.4) is 0 Å². The molecule has 0 bridgehead atoms. The minimum Gasteiger partial charge on any atom is -0.409 e. The summed E-state index contributed by atoms with van der Waals surface area (Å²) in [6, 6.07) is 0. The van der Waals surface area contributed by atoms with Crippen LogP contribution in [0.15, 0.2) is 0 Å². The van der Waals surface area contributed by atoms with E-state index < -0.39 is 0 Å². The Morgan fingerprint density at radius 1 is 1.00 bits per heavy atom. The Kier molecular flexibility index (Phi) is 4.37. The van der Waals surface area contributed by atoms with Crippen LogP contribution in [0.5, 0.6) is 0 Å². The molecule has 0 fully saturated rings. The maximum absolute atomic E-state index is 5.94. The minimum atomic E-state index is -0.221. The Bertz CT molecular complexity index is 165. The van der Waals surface area contributed by atoms with Gasteiger partial charge in [-0.25, -0.2) is 0 Å². The highest BCUT2D eigenvalue weighted by Gasteiger charge is 2.49. The Morgan fingerprint density at radius 2 is 1.36 bits per heavy atom. The third-order valence-corrected chi connectivity index (χ3v) is 3.46. The molecule has 0 rings (SSSR count). The molecule has 0 saturated heterocycles. The normalized spacial score (nSPS) is 14.8. The Balaban J connectivity index is 5.21. The van der Waals surface area contributed by atoms with Gasteiger partial charge in [-0.05, 0) is 6.54 Å². The van der Waals surface area contributed by atoms with Gasteiger partial charge in [0.05, 0.1) is 0 Å². The van der Waals surface area contributed by atoms with Crippen LogP contribution in [0.2, 0.25) is 0 Å². The second-order valence-electron chi connectivity index (χ2n) is 5.92. The van der Waals surface area contributed by atoms with Crippen LogP contribution in [0.1, 0.15) is 48.5 Å². The summed E-state index contributed by atoms with van der Waals surface area (Å²) in [5.41, 5.74) is -0.0208. The summed E-state index contributed by atoms with van der Waals surface area (Å²) in [6.07, 6.45) is 0. The lowest BCUT2D eigenvalue weighted by molar-refractivity contribution is -0.136. The fourth-order valence-corrected chi connectivity index (χ4v) is 3.96. The molecule has 2 nitrogen and oxygen atoms in total. The van der Waals surface area contributed by atoms with Crippen molar-refractivity contribution < 1.29 is 4.43 Å². The molecule has 0 amide bonds. The van der Waals surface area contributed by atoms with E-state index in [0.29, 0.717) is 0 Å². The minimum absolute atomic E-state index is 0.100. The first-order valence-electron chi connectivity index (χ1n) is 5.42. The van der Waals surface area contributed by atoms with E-state index >= 15 is 0 Å². The van der Waals surface area contributed by atoms with Gasteiger partial charge in [-0.15, -0.1) is 0 Å². The van der Waals surface area contributed by atoms with Gasteiger partial charge in [-0.3, -0.25) is 5.32 Å². The van der Waals surface area contributed by atoms with Gasteiger partial charge in [0.2, 0.25) is 0 Å². The molecule has 0 radical (unpaired) electrons. The van der Waals surface area contributed by atoms with E-state index in [-0.39, 0.29) is 16.6 Å². The maximum atomic E-state index is 5.94. The molecular weight excluding hydrogens is 190 g/mol. The molecule has 0 aromatic heterocycles. The van der Waals surface area contributed by atoms with Crippen molar-refractivity contribution in [1.29, 1.82) is 0 Å². The highest BCUT2D eigenvalue weighted by atomic mass is 28.2. The van der Waals surface area contributed by atoms with E-state index in [9.17, 15) is 0 Å². The fourth-order valence-electron chi connectivity index (χ4n) is 2.59. The van der Waals surface area contributed by atoms with Crippen LogP contribution in [0, 0.1) is 10.8 Å². The molecular formula is C11H27NOSi. The van der Waals surface area contributed by atoms with Gasteiger partial charge < -0.3 is 4.43 Å². The van der Waals surface area contributed by atoms with E-state index in [1.54, 1.807) is 0 Å². The molecule has 0 aromatic carbocycles. The topological polar surface area (TPSA) is 21.3 Å². The van der Waals surface area contributed by atoms with E-state index in [2.05, 4.69) is 53.8 Å². The number of hydrogen-bond donors (Lipinski definition) is 1. The summed E-state index contributed by atoms with van der Waals surface area (Å²) >= 11 is 0. The predicted molar refractivity (Wildman–Crippen MR) is 66.3 cm³/mol. The van der Waals surface area contributed by atoms with Crippen LogP contribution < -0.4 is 5.32 Å². The molecule has 14 heavy (non-hydrogen) atoms. The van der Waals surface area contributed by atoms with Gasteiger partial charge in [-0.1, -0.05) is 48.5 Å². The molecule has 0 atom stereocenters. The quantitative estimate of drug-likeness (QED) is 0.574. The summed E-state index contributed by atoms with van der Waals surface area (Å²) in [4.78, 5) is 0.